The Morgan fingerprint density at radius 2 is 1.61 bits per heavy atom. The highest BCUT2D eigenvalue weighted by Crippen LogP contribution is 2.50. The predicted molar refractivity (Wildman–Crippen MR) is 218 cm³/mol. The van der Waals surface area contributed by atoms with Crippen LogP contribution in [0.2, 0.25) is 5.02 Å². The van der Waals surface area contributed by atoms with E-state index in [0.717, 1.165) is 46.8 Å². The van der Waals surface area contributed by atoms with Crippen molar-refractivity contribution in [2.24, 2.45) is 0 Å². The van der Waals surface area contributed by atoms with Gasteiger partial charge < -0.3 is 24.0 Å². The summed E-state index contributed by atoms with van der Waals surface area (Å²) in [6, 6.07) is 22.1. The SMILES string of the molecule is COc1ccc(CN(Cc2ccc(OC)cc2)c2ncccc2C(C)N2CCOc3nc(-c4cc(C(F)F)cc(Cl)c4C4CC4)c(F)c4nc(SC)nc2c34)cc1. The van der Waals surface area contributed by atoms with Crippen LogP contribution in [-0.4, -0.2) is 53.6 Å². The first-order valence-electron chi connectivity index (χ1n) is 18.6. The van der Waals surface area contributed by atoms with Gasteiger partial charge in [-0.15, -0.1) is 0 Å². The minimum atomic E-state index is -2.80. The molecule has 3 aromatic carbocycles. The van der Waals surface area contributed by atoms with Crippen LogP contribution in [0.15, 0.2) is 84.1 Å². The minimum absolute atomic E-state index is 0.00387. The zero-order chi connectivity index (χ0) is 39.8. The Labute approximate surface area is 338 Å². The topological polar surface area (TPSA) is 85.7 Å². The molecule has 1 aliphatic heterocycles. The van der Waals surface area contributed by atoms with Crippen LogP contribution in [-0.2, 0) is 13.1 Å². The van der Waals surface area contributed by atoms with E-state index >= 15 is 4.39 Å². The molecule has 4 heterocycles. The molecule has 1 atom stereocenters. The number of hydrogen-bond acceptors (Lipinski definition) is 10. The van der Waals surface area contributed by atoms with Crippen LogP contribution in [0, 0.1) is 5.82 Å². The van der Waals surface area contributed by atoms with Crippen molar-refractivity contribution in [1.82, 2.24) is 19.9 Å². The zero-order valence-electron chi connectivity index (χ0n) is 31.8. The van der Waals surface area contributed by atoms with Gasteiger partial charge in [0.1, 0.15) is 46.3 Å². The number of nitrogens with zero attached hydrogens (tertiary/aromatic N) is 6. The van der Waals surface area contributed by atoms with Gasteiger partial charge in [-0.05, 0) is 91.1 Å². The van der Waals surface area contributed by atoms with Gasteiger partial charge in [0.25, 0.3) is 6.43 Å². The van der Waals surface area contributed by atoms with Crippen LogP contribution in [0.5, 0.6) is 17.4 Å². The maximum Gasteiger partial charge on any atom is 0.263 e. The van der Waals surface area contributed by atoms with Gasteiger partial charge in [-0.1, -0.05) is 53.7 Å². The highest BCUT2D eigenvalue weighted by Gasteiger charge is 2.35. The second-order valence-electron chi connectivity index (χ2n) is 14.1. The number of alkyl halides is 2. The van der Waals surface area contributed by atoms with E-state index in [1.54, 1.807) is 20.4 Å². The largest absolute Gasteiger partial charge is 0.497 e. The molecule has 0 bridgehead atoms. The summed E-state index contributed by atoms with van der Waals surface area (Å²) in [4.78, 5) is 23.6. The van der Waals surface area contributed by atoms with Crippen molar-refractivity contribution in [3.05, 3.63) is 118 Å². The third-order valence-corrected chi connectivity index (χ3v) is 11.3. The lowest BCUT2D eigenvalue weighted by atomic mass is 9.96. The third kappa shape index (κ3) is 7.74. The van der Waals surface area contributed by atoms with E-state index in [1.165, 1.54) is 23.9 Å². The highest BCUT2D eigenvalue weighted by molar-refractivity contribution is 7.98. The van der Waals surface area contributed by atoms with Crippen LogP contribution in [0.25, 0.3) is 22.2 Å². The van der Waals surface area contributed by atoms with Crippen molar-refractivity contribution < 1.29 is 27.4 Å². The summed E-state index contributed by atoms with van der Waals surface area (Å²) in [6.07, 6.45) is 2.44. The molecule has 8 rings (SSSR count). The number of rotatable bonds is 13. The Balaban J connectivity index is 1.23. The van der Waals surface area contributed by atoms with Crippen molar-refractivity contribution >= 4 is 45.9 Å². The Morgan fingerprint density at radius 1 is 0.947 bits per heavy atom. The first kappa shape index (κ1) is 38.6. The molecule has 1 fully saturated rings. The standard InChI is InChI=1S/C43H40ClF3N6O3S/c1-24(31-6-5-17-48-40(31)52(22-25-7-13-29(54-2)14-8-25)23-26-9-15-30(55-3)16-10-26)53-18-19-56-42-35-38(50-43(57-4)51-41(35)53)36(45)37(49-42)32-20-28(39(46)47)21-33(44)34(32)27-11-12-27/h5-10,13-17,20-21,24,27,39H,11-12,18-19,22-23H2,1-4H3. The van der Waals surface area contributed by atoms with Gasteiger partial charge in [-0.3, -0.25) is 0 Å². The van der Waals surface area contributed by atoms with E-state index in [2.05, 4.69) is 21.7 Å². The van der Waals surface area contributed by atoms with Gasteiger partial charge in [0, 0.05) is 41.0 Å². The van der Waals surface area contributed by atoms with Crippen LogP contribution < -0.4 is 24.0 Å². The van der Waals surface area contributed by atoms with Crippen LogP contribution >= 0.6 is 23.4 Å². The van der Waals surface area contributed by atoms with Crippen molar-refractivity contribution in [2.75, 3.05) is 43.4 Å². The fraction of sp³-hybridized carbons (Fsp3) is 0.302. The third-order valence-electron chi connectivity index (χ3n) is 10.5. The zero-order valence-corrected chi connectivity index (χ0v) is 33.4. The predicted octanol–water partition coefficient (Wildman–Crippen LogP) is 10.6. The number of ether oxygens (including phenoxy) is 3. The molecule has 14 heteroatoms. The molecule has 0 N–H and O–H groups in total. The lowest BCUT2D eigenvalue weighted by molar-refractivity contribution is 0.151. The maximum absolute atomic E-state index is 17.1. The molecule has 3 aromatic heterocycles. The normalized spacial score (nSPS) is 14.4. The lowest BCUT2D eigenvalue weighted by Gasteiger charge is -2.33. The average molecular weight is 813 g/mol. The number of methoxy groups -OCH3 is 2. The quantitative estimate of drug-likeness (QED) is 0.0830. The maximum atomic E-state index is 17.1. The average Bonchev–Trinajstić information content (AvgIpc) is 4.09. The molecule has 0 radical (unpaired) electrons. The number of hydrogen-bond donors (Lipinski definition) is 0. The van der Waals surface area contributed by atoms with E-state index in [1.807, 2.05) is 66.9 Å². The van der Waals surface area contributed by atoms with Crippen LogP contribution in [0.1, 0.15) is 66.0 Å². The van der Waals surface area contributed by atoms with Crippen molar-refractivity contribution in [3.63, 3.8) is 0 Å². The number of aromatic nitrogens is 4. The summed E-state index contributed by atoms with van der Waals surface area (Å²) in [5.74, 6) is 2.16. The smallest absolute Gasteiger partial charge is 0.263 e. The highest BCUT2D eigenvalue weighted by atomic mass is 35.5. The summed E-state index contributed by atoms with van der Waals surface area (Å²) in [7, 11) is 3.29. The molecule has 1 aliphatic carbocycles. The second kappa shape index (κ2) is 16.3. The molecule has 9 nitrogen and oxygen atoms in total. The molecule has 2 aliphatic rings. The number of halogens is 4. The number of anilines is 2. The lowest BCUT2D eigenvalue weighted by Crippen LogP contribution is -2.33. The molecule has 6 aromatic rings. The van der Waals surface area contributed by atoms with Crippen LogP contribution in [0.3, 0.4) is 0 Å². The number of thioether (sulfide) groups is 1. The Kier molecular flexibility index (Phi) is 11.0. The monoisotopic (exact) mass is 812 g/mol. The molecule has 294 valence electrons. The summed E-state index contributed by atoms with van der Waals surface area (Å²) < 4.78 is 62.4. The number of pyridine rings is 2. The molecule has 1 saturated carbocycles. The van der Waals surface area contributed by atoms with Gasteiger partial charge >= 0.3 is 0 Å². The van der Waals surface area contributed by atoms with Gasteiger partial charge in [0.05, 0.1) is 26.8 Å². The summed E-state index contributed by atoms with van der Waals surface area (Å²) in [5.41, 5.74) is 3.46. The Hall–Kier alpha value is -5.27. The first-order valence-corrected chi connectivity index (χ1v) is 20.2. The van der Waals surface area contributed by atoms with E-state index in [9.17, 15) is 8.78 Å². The summed E-state index contributed by atoms with van der Waals surface area (Å²) in [6.45, 7) is 3.72. The van der Waals surface area contributed by atoms with E-state index < -0.39 is 12.2 Å². The van der Waals surface area contributed by atoms with Crippen molar-refractivity contribution in [3.8, 4) is 28.6 Å². The van der Waals surface area contributed by atoms with E-state index in [0.29, 0.717) is 41.6 Å². The van der Waals surface area contributed by atoms with Gasteiger partial charge in [-0.25, -0.2) is 33.1 Å². The van der Waals surface area contributed by atoms with E-state index in [-0.39, 0.29) is 51.8 Å². The van der Waals surface area contributed by atoms with Gasteiger partial charge in [-0.2, -0.15) is 0 Å². The van der Waals surface area contributed by atoms with Gasteiger partial charge in [0.15, 0.2) is 11.0 Å². The fourth-order valence-electron chi connectivity index (χ4n) is 7.43. The van der Waals surface area contributed by atoms with E-state index in [4.69, 9.17) is 40.8 Å². The molecule has 0 saturated heterocycles. The molecule has 57 heavy (non-hydrogen) atoms. The molecular formula is C43H40ClF3N6O3S. The van der Waals surface area contributed by atoms with Gasteiger partial charge in [0.2, 0.25) is 5.88 Å². The molecule has 0 spiro atoms. The van der Waals surface area contributed by atoms with Crippen LogP contribution in [0.4, 0.5) is 24.8 Å². The molecule has 1 unspecified atom stereocenters. The Bertz CT molecular complexity index is 2370. The molecule has 0 amide bonds. The van der Waals surface area contributed by atoms with Crippen molar-refractivity contribution in [2.45, 2.75) is 56.4 Å². The van der Waals surface area contributed by atoms with Crippen molar-refractivity contribution in [1.29, 1.82) is 0 Å². The summed E-state index contributed by atoms with van der Waals surface area (Å²) in [5, 5.41) is 0.820. The molecular weight excluding hydrogens is 773 g/mol. The first-order chi connectivity index (χ1) is 27.7. The second-order valence-corrected chi connectivity index (χ2v) is 15.2. The number of benzene rings is 3. The Morgan fingerprint density at radius 3 is 2.21 bits per heavy atom. The summed E-state index contributed by atoms with van der Waals surface area (Å²) >= 11 is 7.89. The minimum Gasteiger partial charge on any atom is -0.497 e. The fourth-order valence-corrected chi connectivity index (χ4v) is 8.18.